The number of carbonyl (C=O) groups excluding carboxylic acids is 1. The summed E-state index contributed by atoms with van der Waals surface area (Å²) < 4.78 is 5.44. The molecule has 1 aromatic heterocycles. The Morgan fingerprint density at radius 3 is 2.24 bits per heavy atom. The summed E-state index contributed by atoms with van der Waals surface area (Å²) >= 11 is 0. The fourth-order valence-corrected chi connectivity index (χ4v) is 5.53. The van der Waals surface area contributed by atoms with E-state index < -0.39 is 5.41 Å². The zero-order chi connectivity index (χ0) is 20.4. The second kappa shape index (κ2) is 5.78. The third kappa shape index (κ3) is 2.08. The number of fused-ring (bicyclic) bond motifs is 6. The number of ether oxygens (including phenoxy) is 1. The summed E-state index contributed by atoms with van der Waals surface area (Å²) in [6, 6.07) is 15.4. The van der Waals surface area contributed by atoms with Crippen LogP contribution >= 0.6 is 0 Å². The van der Waals surface area contributed by atoms with E-state index in [-0.39, 0.29) is 16.7 Å². The van der Waals surface area contributed by atoms with E-state index >= 15 is 0 Å². The Hall–Kier alpha value is -2.95. The number of nitrogens with zero attached hydrogens (tertiary/aromatic N) is 2. The van der Waals surface area contributed by atoms with Gasteiger partial charge in [-0.15, -0.1) is 0 Å². The Morgan fingerprint density at radius 2 is 1.55 bits per heavy atom. The lowest BCUT2D eigenvalue weighted by Gasteiger charge is -2.39. The number of nitrogens with one attached hydrogen (secondary N) is 1. The molecular formula is C24H25N3O2. The molecule has 148 valence electrons. The molecule has 1 N–H and O–H groups in total. The molecule has 5 rings (SSSR count). The van der Waals surface area contributed by atoms with Gasteiger partial charge < -0.3 is 10.1 Å². The molecule has 5 nitrogen and oxygen atoms in total. The minimum Gasteiger partial charge on any atom is -0.495 e. The van der Waals surface area contributed by atoms with Crippen molar-refractivity contribution < 1.29 is 9.53 Å². The molecular weight excluding hydrogens is 362 g/mol. The zero-order valence-electron chi connectivity index (χ0n) is 17.2. The van der Waals surface area contributed by atoms with E-state index in [9.17, 15) is 4.79 Å². The number of rotatable bonds is 3. The number of hydrogen-bond acceptors (Lipinski definition) is 4. The summed E-state index contributed by atoms with van der Waals surface area (Å²) in [5.74, 6) is 0.623. The van der Waals surface area contributed by atoms with E-state index in [0.717, 1.165) is 35.3 Å². The van der Waals surface area contributed by atoms with Crippen LogP contribution in [0.3, 0.4) is 0 Å². The van der Waals surface area contributed by atoms with Gasteiger partial charge in [-0.3, -0.25) is 4.79 Å². The second-order valence-corrected chi connectivity index (χ2v) is 8.93. The normalized spacial score (nSPS) is 26.3. The molecule has 2 bridgehead atoms. The summed E-state index contributed by atoms with van der Waals surface area (Å²) in [5.41, 5.74) is 2.97. The molecule has 1 fully saturated rings. The highest BCUT2D eigenvalue weighted by Crippen LogP contribution is 2.70. The molecule has 0 saturated heterocycles. The van der Waals surface area contributed by atoms with Crippen LogP contribution in [0.4, 0.5) is 5.69 Å². The minimum absolute atomic E-state index is 0.0287. The number of anilines is 1. The monoisotopic (exact) mass is 387 g/mol. The van der Waals surface area contributed by atoms with Gasteiger partial charge in [-0.2, -0.15) is 0 Å². The smallest absolute Gasteiger partial charge is 0.237 e. The predicted octanol–water partition coefficient (Wildman–Crippen LogP) is 4.61. The first-order chi connectivity index (χ1) is 13.8. The van der Waals surface area contributed by atoms with Crippen LogP contribution in [0, 0.1) is 5.41 Å². The Balaban J connectivity index is 1.70. The maximum atomic E-state index is 13.9. The van der Waals surface area contributed by atoms with Gasteiger partial charge in [0.2, 0.25) is 5.91 Å². The third-order valence-corrected chi connectivity index (χ3v) is 7.69. The predicted molar refractivity (Wildman–Crippen MR) is 113 cm³/mol. The Kier molecular flexibility index (Phi) is 3.61. The van der Waals surface area contributed by atoms with Crippen molar-refractivity contribution in [3.63, 3.8) is 0 Å². The van der Waals surface area contributed by atoms with Crippen molar-refractivity contribution >= 4 is 22.6 Å². The molecule has 2 aromatic carbocycles. The van der Waals surface area contributed by atoms with E-state index in [2.05, 4.69) is 26.1 Å². The number of hydrogen-bond donors (Lipinski definition) is 1. The largest absolute Gasteiger partial charge is 0.495 e. The summed E-state index contributed by atoms with van der Waals surface area (Å²) in [6.07, 6.45) is 1.68. The number of methoxy groups -OCH3 is 1. The number of benzene rings is 2. The fourth-order valence-electron chi connectivity index (χ4n) is 5.53. The molecule has 3 aromatic rings. The van der Waals surface area contributed by atoms with Crippen LogP contribution in [0.25, 0.3) is 11.0 Å². The number of amides is 1. The SMILES string of the molecule is COc1ccccc1NC(=O)[C@]12CC[C@@](C)(c3nc4ccccc4nc31)C2(C)C. The molecule has 0 aliphatic heterocycles. The standard InChI is InChI=1S/C24H25N3O2/c1-22(2)23(3)13-14-24(22,21(28)27-17-11-7-8-12-18(17)29-4)20-19(23)25-15-9-5-6-10-16(15)26-20/h5-12H,13-14H2,1-4H3,(H,27,28)/t23-,24-/m0/s1. The van der Waals surface area contributed by atoms with Crippen molar-refractivity contribution in [1.82, 2.24) is 9.97 Å². The average Bonchev–Trinajstić information content (AvgIpc) is 3.02. The summed E-state index contributed by atoms with van der Waals surface area (Å²) in [5, 5.41) is 3.15. The van der Waals surface area contributed by atoms with Crippen molar-refractivity contribution in [2.45, 2.75) is 44.4 Å². The third-order valence-electron chi connectivity index (χ3n) is 7.69. The van der Waals surface area contributed by atoms with Crippen molar-refractivity contribution in [3.8, 4) is 5.75 Å². The van der Waals surface area contributed by atoms with Crippen molar-refractivity contribution in [3.05, 3.63) is 59.9 Å². The molecule has 0 radical (unpaired) electrons. The van der Waals surface area contributed by atoms with E-state index in [1.165, 1.54) is 0 Å². The molecule has 1 heterocycles. The van der Waals surface area contributed by atoms with Crippen molar-refractivity contribution in [2.75, 3.05) is 12.4 Å². The highest BCUT2D eigenvalue weighted by molar-refractivity contribution is 6.02. The van der Waals surface area contributed by atoms with Crippen LogP contribution in [0.2, 0.25) is 0 Å². The van der Waals surface area contributed by atoms with Gasteiger partial charge in [0.1, 0.15) is 5.75 Å². The molecule has 1 amide bonds. The average molecular weight is 387 g/mol. The van der Waals surface area contributed by atoms with Gasteiger partial charge in [-0.05, 0) is 42.5 Å². The lowest BCUT2D eigenvalue weighted by atomic mass is 9.63. The van der Waals surface area contributed by atoms with E-state index in [1.54, 1.807) is 7.11 Å². The maximum Gasteiger partial charge on any atom is 0.237 e. The van der Waals surface area contributed by atoms with Gasteiger partial charge in [-0.1, -0.05) is 45.0 Å². The van der Waals surface area contributed by atoms with Crippen LogP contribution in [-0.2, 0) is 15.6 Å². The molecule has 0 spiro atoms. The van der Waals surface area contributed by atoms with Gasteiger partial charge in [0.25, 0.3) is 0 Å². The quantitative estimate of drug-likeness (QED) is 0.713. The fraction of sp³-hybridized carbons (Fsp3) is 0.375. The summed E-state index contributed by atoms with van der Waals surface area (Å²) in [4.78, 5) is 23.9. The zero-order valence-corrected chi connectivity index (χ0v) is 17.2. The first-order valence-corrected chi connectivity index (χ1v) is 10.1. The number of aromatic nitrogens is 2. The highest BCUT2D eigenvalue weighted by atomic mass is 16.5. The molecule has 2 aliphatic rings. The Bertz CT molecular complexity index is 1160. The molecule has 29 heavy (non-hydrogen) atoms. The lowest BCUT2D eigenvalue weighted by Crippen LogP contribution is -2.48. The van der Waals surface area contributed by atoms with E-state index in [1.807, 2.05) is 48.5 Å². The molecule has 5 heteroatoms. The molecule has 1 saturated carbocycles. The van der Waals surface area contributed by atoms with Crippen LogP contribution < -0.4 is 10.1 Å². The first-order valence-electron chi connectivity index (χ1n) is 10.1. The molecule has 2 atom stereocenters. The first kappa shape index (κ1) is 18.1. The molecule has 0 unspecified atom stereocenters. The molecule has 2 aliphatic carbocycles. The van der Waals surface area contributed by atoms with E-state index in [0.29, 0.717) is 11.4 Å². The van der Waals surface area contributed by atoms with Crippen LogP contribution in [0.15, 0.2) is 48.5 Å². The maximum absolute atomic E-state index is 13.9. The highest BCUT2D eigenvalue weighted by Gasteiger charge is 2.73. The Labute approximate surface area is 170 Å². The van der Waals surface area contributed by atoms with Crippen molar-refractivity contribution in [2.24, 2.45) is 5.41 Å². The van der Waals surface area contributed by atoms with Crippen LogP contribution in [-0.4, -0.2) is 23.0 Å². The topological polar surface area (TPSA) is 64.1 Å². The minimum atomic E-state index is -0.727. The van der Waals surface area contributed by atoms with Gasteiger partial charge >= 0.3 is 0 Å². The number of para-hydroxylation sites is 4. The Morgan fingerprint density at radius 1 is 0.931 bits per heavy atom. The van der Waals surface area contributed by atoms with Crippen LogP contribution in [0.1, 0.15) is 45.0 Å². The lowest BCUT2D eigenvalue weighted by molar-refractivity contribution is -0.125. The number of carbonyl (C=O) groups is 1. The van der Waals surface area contributed by atoms with Crippen molar-refractivity contribution in [1.29, 1.82) is 0 Å². The second-order valence-electron chi connectivity index (χ2n) is 8.93. The van der Waals surface area contributed by atoms with Gasteiger partial charge in [0, 0.05) is 5.41 Å². The van der Waals surface area contributed by atoms with E-state index in [4.69, 9.17) is 14.7 Å². The van der Waals surface area contributed by atoms with Gasteiger partial charge in [0.15, 0.2) is 0 Å². The summed E-state index contributed by atoms with van der Waals surface area (Å²) in [6.45, 7) is 6.62. The van der Waals surface area contributed by atoms with Gasteiger partial charge in [0.05, 0.1) is 40.6 Å². The van der Waals surface area contributed by atoms with Crippen LogP contribution in [0.5, 0.6) is 5.75 Å². The van der Waals surface area contributed by atoms with Gasteiger partial charge in [-0.25, -0.2) is 9.97 Å². The summed E-state index contributed by atoms with van der Waals surface area (Å²) in [7, 11) is 1.61.